The van der Waals surface area contributed by atoms with Gasteiger partial charge in [-0.05, 0) is 69.0 Å². The van der Waals surface area contributed by atoms with E-state index in [1.54, 1.807) is 30.3 Å². The molecule has 0 spiro atoms. The van der Waals surface area contributed by atoms with Gasteiger partial charge in [0.25, 0.3) is 10.0 Å². The van der Waals surface area contributed by atoms with E-state index in [2.05, 4.69) is 5.32 Å². The molecule has 0 saturated heterocycles. The number of sulfonamides is 1. The Morgan fingerprint density at radius 3 is 1.96 bits per heavy atom. The van der Waals surface area contributed by atoms with Crippen LogP contribution in [-0.2, 0) is 32.6 Å². The van der Waals surface area contributed by atoms with Gasteiger partial charge in [0.05, 0.1) is 10.6 Å². The van der Waals surface area contributed by atoms with Crippen molar-refractivity contribution in [1.29, 1.82) is 0 Å². The van der Waals surface area contributed by atoms with E-state index in [-0.39, 0.29) is 23.8 Å². The maximum Gasteiger partial charge on any atom is 0.264 e. The Morgan fingerprint density at radius 1 is 0.756 bits per heavy atom. The molecule has 2 amide bonds. The number of carbonyl (C=O) groups is 2. The molecule has 1 unspecified atom stereocenters. The normalized spacial score (nSPS) is 11.9. The highest BCUT2D eigenvalue weighted by Gasteiger charge is 2.35. The van der Waals surface area contributed by atoms with Crippen LogP contribution >= 0.6 is 0 Å². The number of carbonyl (C=O) groups excluding carboxylic acids is 2. The standard InChI is InChI=1S/C37H43N3O4S/c1-6-22-38-37(42)35(24-31-10-8-7-9-11-31)39(25-32-17-12-27(2)13-18-32)36(41)26-40(34-21-16-29(4)23-30(34)5)45(43,44)33-19-14-28(3)15-20-33/h7-21,23,35H,6,22,24-26H2,1-5H3,(H,38,42). The van der Waals surface area contributed by atoms with Crippen molar-refractivity contribution in [2.75, 3.05) is 17.4 Å². The van der Waals surface area contributed by atoms with E-state index in [1.165, 1.54) is 9.21 Å². The number of hydrogen-bond acceptors (Lipinski definition) is 4. The summed E-state index contributed by atoms with van der Waals surface area (Å²) in [7, 11) is -4.15. The van der Waals surface area contributed by atoms with Crippen molar-refractivity contribution in [2.45, 2.75) is 64.9 Å². The first-order chi connectivity index (χ1) is 21.5. The van der Waals surface area contributed by atoms with E-state index in [4.69, 9.17) is 0 Å². The number of rotatable bonds is 13. The molecular formula is C37H43N3O4S. The van der Waals surface area contributed by atoms with Gasteiger partial charge in [-0.1, -0.05) is 102 Å². The van der Waals surface area contributed by atoms with Gasteiger partial charge in [0.1, 0.15) is 12.6 Å². The van der Waals surface area contributed by atoms with Crippen LogP contribution in [0.15, 0.2) is 102 Å². The molecule has 7 nitrogen and oxygen atoms in total. The van der Waals surface area contributed by atoms with Crippen molar-refractivity contribution >= 4 is 27.5 Å². The number of benzene rings is 4. The van der Waals surface area contributed by atoms with Crippen molar-refractivity contribution in [2.24, 2.45) is 0 Å². The highest BCUT2D eigenvalue weighted by atomic mass is 32.2. The van der Waals surface area contributed by atoms with E-state index in [1.807, 2.05) is 101 Å². The van der Waals surface area contributed by atoms with Gasteiger partial charge in [-0.15, -0.1) is 0 Å². The zero-order chi connectivity index (χ0) is 32.6. The molecule has 4 rings (SSSR count). The molecule has 236 valence electrons. The quantitative estimate of drug-likeness (QED) is 0.190. The van der Waals surface area contributed by atoms with Gasteiger partial charge in [0, 0.05) is 19.5 Å². The summed E-state index contributed by atoms with van der Waals surface area (Å²) in [5.74, 6) is -0.751. The number of aryl methyl sites for hydroxylation is 4. The maximum atomic E-state index is 14.6. The molecule has 0 saturated carbocycles. The van der Waals surface area contributed by atoms with Crippen LogP contribution in [0.2, 0.25) is 0 Å². The number of hydrogen-bond donors (Lipinski definition) is 1. The Balaban J connectivity index is 1.81. The number of amides is 2. The SMILES string of the molecule is CCCNC(=O)C(Cc1ccccc1)N(Cc1ccc(C)cc1)C(=O)CN(c1ccc(C)cc1C)S(=O)(=O)c1ccc(C)cc1. The van der Waals surface area contributed by atoms with Crippen LogP contribution in [0.5, 0.6) is 0 Å². The minimum Gasteiger partial charge on any atom is -0.354 e. The zero-order valence-corrected chi connectivity index (χ0v) is 27.6. The molecule has 4 aromatic rings. The largest absolute Gasteiger partial charge is 0.354 e. The van der Waals surface area contributed by atoms with E-state index in [0.29, 0.717) is 12.2 Å². The second-order valence-electron chi connectivity index (χ2n) is 11.6. The predicted octanol–water partition coefficient (Wildman–Crippen LogP) is 6.28. The Labute approximate surface area is 268 Å². The molecule has 1 atom stereocenters. The monoisotopic (exact) mass is 625 g/mol. The van der Waals surface area contributed by atoms with Crippen molar-refractivity contribution in [1.82, 2.24) is 10.2 Å². The summed E-state index contributed by atoms with van der Waals surface area (Å²) in [5, 5.41) is 2.98. The third-order valence-electron chi connectivity index (χ3n) is 7.80. The third-order valence-corrected chi connectivity index (χ3v) is 9.58. The molecule has 0 fully saturated rings. The van der Waals surface area contributed by atoms with Gasteiger partial charge in [0.15, 0.2) is 0 Å². The third kappa shape index (κ3) is 8.60. The van der Waals surface area contributed by atoms with Crippen molar-refractivity contribution < 1.29 is 18.0 Å². The van der Waals surface area contributed by atoms with Gasteiger partial charge >= 0.3 is 0 Å². The average molecular weight is 626 g/mol. The first kappa shape index (κ1) is 33.5. The molecule has 4 aromatic carbocycles. The molecule has 0 aliphatic carbocycles. The second-order valence-corrected chi connectivity index (χ2v) is 13.5. The molecule has 0 aliphatic heterocycles. The highest BCUT2D eigenvalue weighted by Crippen LogP contribution is 2.29. The lowest BCUT2D eigenvalue weighted by molar-refractivity contribution is -0.140. The molecular weight excluding hydrogens is 582 g/mol. The second kappa shape index (κ2) is 15.0. The summed E-state index contributed by atoms with van der Waals surface area (Å²) >= 11 is 0. The maximum absolute atomic E-state index is 14.6. The van der Waals surface area contributed by atoms with Gasteiger partial charge in [-0.3, -0.25) is 13.9 Å². The summed E-state index contributed by atoms with van der Waals surface area (Å²) in [4.78, 5) is 29.9. The summed E-state index contributed by atoms with van der Waals surface area (Å²) < 4.78 is 29.7. The molecule has 0 radical (unpaired) electrons. The van der Waals surface area contributed by atoms with Gasteiger partial charge < -0.3 is 10.2 Å². The minimum atomic E-state index is -4.15. The molecule has 0 bridgehead atoms. The van der Waals surface area contributed by atoms with E-state index in [0.717, 1.165) is 39.8 Å². The zero-order valence-electron chi connectivity index (χ0n) is 26.8. The van der Waals surface area contributed by atoms with Gasteiger partial charge in [-0.2, -0.15) is 0 Å². The summed E-state index contributed by atoms with van der Waals surface area (Å²) in [6.07, 6.45) is 1.02. The van der Waals surface area contributed by atoms with Crippen LogP contribution < -0.4 is 9.62 Å². The number of anilines is 1. The Bertz CT molecular complexity index is 1700. The lowest BCUT2D eigenvalue weighted by Gasteiger charge is -2.34. The summed E-state index contributed by atoms with van der Waals surface area (Å²) in [5.41, 5.74) is 5.86. The van der Waals surface area contributed by atoms with Crippen LogP contribution in [0.1, 0.15) is 46.7 Å². The smallest absolute Gasteiger partial charge is 0.264 e. The minimum absolute atomic E-state index is 0.0903. The average Bonchev–Trinajstić information content (AvgIpc) is 3.02. The van der Waals surface area contributed by atoms with Crippen molar-refractivity contribution in [3.63, 3.8) is 0 Å². The number of nitrogens with zero attached hydrogens (tertiary/aromatic N) is 2. The fourth-order valence-electron chi connectivity index (χ4n) is 5.25. The molecule has 0 aromatic heterocycles. The fraction of sp³-hybridized carbons (Fsp3) is 0.297. The van der Waals surface area contributed by atoms with E-state index >= 15 is 0 Å². The Hall–Kier alpha value is -4.43. The first-order valence-corrected chi connectivity index (χ1v) is 16.8. The van der Waals surface area contributed by atoms with Crippen LogP contribution in [-0.4, -0.2) is 44.3 Å². The van der Waals surface area contributed by atoms with Crippen LogP contribution in [0.4, 0.5) is 5.69 Å². The molecule has 1 N–H and O–H groups in total. The van der Waals surface area contributed by atoms with E-state index in [9.17, 15) is 18.0 Å². The fourth-order valence-corrected chi connectivity index (χ4v) is 6.72. The topological polar surface area (TPSA) is 86.8 Å². The van der Waals surface area contributed by atoms with Gasteiger partial charge in [-0.25, -0.2) is 8.42 Å². The lowest BCUT2D eigenvalue weighted by atomic mass is 10.0. The summed E-state index contributed by atoms with van der Waals surface area (Å²) in [6.45, 7) is 9.76. The lowest BCUT2D eigenvalue weighted by Crippen LogP contribution is -2.53. The molecule has 0 heterocycles. The van der Waals surface area contributed by atoms with Crippen LogP contribution in [0.25, 0.3) is 0 Å². The van der Waals surface area contributed by atoms with E-state index < -0.39 is 28.5 Å². The van der Waals surface area contributed by atoms with Gasteiger partial charge in [0.2, 0.25) is 11.8 Å². The molecule has 0 aliphatic rings. The first-order valence-electron chi connectivity index (χ1n) is 15.3. The predicted molar refractivity (Wildman–Crippen MR) is 181 cm³/mol. The number of nitrogens with one attached hydrogen (secondary N) is 1. The molecule has 45 heavy (non-hydrogen) atoms. The van der Waals surface area contributed by atoms with Crippen LogP contribution in [0, 0.1) is 27.7 Å². The Kier molecular flexibility index (Phi) is 11.2. The van der Waals surface area contributed by atoms with Crippen molar-refractivity contribution in [3.8, 4) is 0 Å². The Morgan fingerprint density at radius 2 is 1.36 bits per heavy atom. The summed E-state index contributed by atoms with van der Waals surface area (Å²) in [6, 6.07) is 28.6. The molecule has 8 heteroatoms. The van der Waals surface area contributed by atoms with Crippen molar-refractivity contribution in [3.05, 3.63) is 130 Å². The highest BCUT2D eigenvalue weighted by molar-refractivity contribution is 7.92. The van der Waals surface area contributed by atoms with Crippen LogP contribution in [0.3, 0.4) is 0 Å².